The van der Waals surface area contributed by atoms with E-state index in [1.54, 1.807) is 26.0 Å². The van der Waals surface area contributed by atoms with Crippen LogP contribution in [0.1, 0.15) is 62.3 Å². The fourth-order valence-electron chi connectivity index (χ4n) is 1.68. The molecule has 2 aromatic carbocycles. The van der Waals surface area contributed by atoms with Crippen LogP contribution in [0.25, 0.3) is 10.8 Å². The molecule has 0 saturated heterocycles. The van der Waals surface area contributed by atoms with Crippen molar-refractivity contribution in [1.29, 1.82) is 0 Å². The zero-order valence-electron chi connectivity index (χ0n) is 13.3. The standard InChI is InChI=1S/C14H12O2.2C2H6/c1-9(15)11-3-5-14-8-12(10(2)16)4-6-13(14)7-11;2*1-2/h3-8H,1-2H3;2*1-2H3. The van der Waals surface area contributed by atoms with E-state index in [0.29, 0.717) is 11.1 Å². The first-order chi connectivity index (χ1) is 9.58. The van der Waals surface area contributed by atoms with E-state index in [0.717, 1.165) is 10.8 Å². The van der Waals surface area contributed by atoms with Gasteiger partial charge in [-0.15, -0.1) is 0 Å². The van der Waals surface area contributed by atoms with Crippen LogP contribution in [-0.4, -0.2) is 11.6 Å². The van der Waals surface area contributed by atoms with Gasteiger partial charge in [0.15, 0.2) is 11.6 Å². The Hall–Kier alpha value is -1.96. The highest BCUT2D eigenvalue weighted by molar-refractivity contribution is 6.01. The maximum Gasteiger partial charge on any atom is 0.159 e. The third-order valence-corrected chi connectivity index (χ3v) is 2.65. The second-order valence-electron chi connectivity index (χ2n) is 3.89. The molecule has 2 heteroatoms. The minimum absolute atomic E-state index is 0.0533. The van der Waals surface area contributed by atoms with E-state index in [1.807, 2.05) is 52.0 Å². The summed E-state index contributed by atoms with van der Waals surface area (Å²) in [6.07, 6.45) is 0. The summed E-state index contributed by atoms with van der Waals surface area (Å²) < 4.78 is 0. The molecule has 0 saturated carbocycles. The van der Waals surface area contributed by atoms with Crippen molar-refractivity contribution in [3.63, 3.8) is 0 Å². The van der Waals surface area contributed by atoms with Gasteiger partial charge in [0, 0.05) is 11.1 Å². The fourth-order valence-corrected chi connectivity index (χ4v) is 1.68. The Bertz CT molecular complexity index is 530. The van der Waals surface area contributed by atoms with Crippen molar-refractivity contribution in [2.45, 2.75) is 41.5 Å². The SMILES string of the molecule is CC.CC.CC(=O)c1ccc2cc(C(C)=O)ccc2c1. The number of ketones is 2. The van der Waals surface area contributed by atoms with Gasteiger partial charge < -0.3 is 0 Å². The van der Waals surface area contributed by atoms with Crippen molar-refractivity contribution in [3.8, 4) is 0 Å². The molecule has 0 fully saturated rings. The summed E-state index contributed by atoms with van der Waals surface area (Å²) in [5, 5.41) is 1.97. The molecule has 0 spiro atoms. The van der Waals surface area contributed by atoms with Crippen LogP contribution in [0.3, 0.4) is 0 Å². The van der Waals surface area contributed by atoms with Crippen molar-refractivity contribution in [2.75, 3.05) is 0 Å². The molecule has 0 heterocycles. The van der Waals surface area contributed by atoms with Gasteiger partial charge in [-0.05, 0) is 36.8 Å². The smallest absolute Gasteiger partial charge is 0.159 e. The van der Waals surface area contributed by atoms with Gasteiger partial charge in [-0.1, -0.05) is 52.0 Å². The highest BCUT2D eigenvalue weighted by Crippen LogP contribution is 2.18. The topological polar surface area (TPSA) is 34.1 Å². The van der Waals surface area contributed by atoms with Crippen LogP contribution in [0, 0.1) is 0 Å². The Kier molecular flexibility index (Phi) is 8.14. The molecule has 0 aliphatic heterocycles. The van der Waals surface area contributed by atoms with E-state index < -0.39 is 0 Å². The highest BCUT2D eigenvalue weighted by Gasteiger charge is 2.03. The van der Waals surface area contributed by atoms with Crippen LogP contribution in [0.15, 0.2) is 36.4 Å². The number of fused-ring (bicyclic) bond motifs is 1. The Labute approximate surface area is 121 Å². The average molecular weight is 272 g/mol. The molecule has 0 N–H and O–H groups in total. The molecule has 0 aliphatic carbocycles. The van der Waals surface area contributed by atoms with E-state index in [-0.39, 0.29) is 11.6 Å². The first-order valence-corrected chi connectivity index (χ1v) is 7.13. The lowest BCUT2D eigenvalue weighted by atomic mass is 10.0. The van der Waals surface area contributed by atoms with Crippen molar-refractivity contribution >= 4 is 22.3 Å². The molecule has 20 heavy (non-hydrogen) atoms. The zero-order chi connectivity index (χ0) is 15.7. The average Bonchev–Trinajstić information content (AvgIpc) is 2.50. The van der Waals surface area contributed by atoms with Crippen molar-refractivity contribution in [1.82, 2.24) is 0 Å². The first-order valence-electron chi connectivity index (χ1n) is 7.13. The Morgan fingerprint density at radius 1 is 0.650 bits per heavy atom. The summed E-state index contributed by atoms with van der Waals surface area (Å²) in [6, 6.07) is 11.0. The van der Waals surface area contributed by atoms with Crippen LogP contribution in [0.4, 0.5) is 0 Å². The third kappa shape index (κ3) is 4.61. The lowest BCUT2D eigenvalue weighted by Crippen LogP contribution is -1.93. The van der Waals surface area contributed by atoms with E-state index in [4.69, 9.17) is 0 Å². The Balaban J connectivity index is 0.000000829. The van der Waals surface area contributed by atoms with E-state index in [9.17, 15) is 9.59 Å². The molecule has 0 bridgehead atoms. The molecule has 0 atom stereocenters. The predicted molar refractivity (Wildman–Crippen MR) is 86.7 cm³/mol. The molecular formula is C18H24O2. The number of carbonyl (C=O) groups is 2. The number of benzene rings is 2. The minimum atomic E-state index is 0.0533. The van der Waals surface area contributed by atoms with Crippen LogP contribution in [-0.2, 0) is 0 Å². The van der Waals surface area contributed by atoms with Gasteiger partial charge in [-0.25, -0.2) is 0 Å². The van der Waals surface area contributed by atoms with E-state index >= 15 is 0 Å². The maximum atomic E-state index is 11.2. The van der Waals surface area contributed by atoms with Gasteiger partial charge in [0.1, 0.15) is 0 Å². The van der Waals surface area contributed by atoms with Crippen LogP contribution < -0.4 is 0 Å². The summed E-state index contributed by atoms with van der Waals surface area (Å²) in [5.74, 6) is 0.107. The summed E-state index contributed by atoms with van der Waals surface area (Å²) in [4.78, 5) is 22.4. The normalized spacial score (nSPS) is 8.90. The van der Waals surface area contributed by atoms with Crippen LogP contribution >= 0.6 is 0 Å². The lowest BCUT2D eigenvalue weighted by Gasteiger charge is -2.02. The highest BCUT2D eigenvalue weighted by atomic mass is 16.1. The summed E-state index contributed by atoms with van der Waals surface area (Å²) in [7, 11) is 0. The second-order valence-corrected chi connectivity index (χ2v) is 3.89. The van der Waals surface area contributed by atoms with Gasteiger partial charge in [0.25, 0.3) is 0 Å². The molecule has 0 unspecified atom stereocenters. The second kappa shape index (κ2) is 9.03. The molecule has 0 amide bonds. The van der Waals surface area contributed by atoms with Crippen molar-refractivity contribution in [3.05, 3.63) is 47.5 Å². The van der Waals surface area contributed by atoms with Gasteiger partial charge in [-0.3, -0.25) is 9.59 Å². The molecule has 0 aromatic heterocycles. The van der Waals surface area contributed by atoms with Gasteiger partial charge in [0.2, 0.25) is 0 Å². The summed E-state index contributed by atoms with van der Waals surface area (Å²) in [6.45, 7) is 11.1. The molecule has 2 rings (SSSR count). The van der Waals surface area contributed by atoms with E-state index in [1.165, 1.54) is 0 Å². The number of hydrogen-bond donors (Lipinski definition) is 0. The first kappa shape index (κ1) is 18.0. The predicted octanol–water partition coefficient (Wildman–Crippen LogP) is 5.30. The van der Waals surface area contributed by atoms with Crippen LogP contribution in [0.5, 0.6) is 0 Å². The zero-order valence-corrected chi connectivity index (χ0v) is 13.3. The van der Waals surface area contributed by atoms with Gasteiger partial charge >= 0.3 is 0 Å². The molecule has 108 valence electrons. The molecular weight excluding hydrogens is 248 g/mol. The number of rotatable bonds is 2. The molecule has 2 nitrogen and oxygen atoms in total. The fraction of sp³-hybridized carbons (Fsp3) is 0.333. The number of carbonyl (C=O) groups excluding carboxylic acids is 2. The Morgan fingerprint density at radius 2 is 0.950 bits per heavy atom. The quantitative estimate of drug-likeness (QED) is 0.695. The third-order valence-electron chi connectivity index (χ3n) is 2.65. The minimum Gasteiger partial charge on any atom is -0.295 e. The lowest BCUT2D eigenvalue weighted by molar-refractivity contribution is 0.100. The molecule has 2 aromatic rings. The monoisotopic (exact) mass is 272 g/mol. The molecule has 0 aliphatic rings. The molecule has 0 radical (unpaired) electrons. The summed E-state index contributed by atoms with van der Waals surface area (Å²) in [5.41, 5.74) is 1.39. The van der Waals surface area contributed by atoms with Gasteiger partial charge in [0.05, 0.1) is 0 Å². The maximum absolute atomic E-state index is 11.2. The van der Waals surface area contributed by atoms with Crippen molar-refractivity contribution < 1.29 is 9.59 Å². The summed E-state index contributed by atoms with van der Waals surface area (Å²) >= 11 is 0. The number of Topliss-reactive ketones (excluding diaryl/α,β-unsaturated/α-hetero) is 2. The largest absolute Gasteiger partial charge is 0.295 e. The Morgan fingerprint density at radius 3 is 1.20 bits per heavy atom. The van der Waals surface area contributed by atoms with Gasteiger partial charge in [-0.2, -0.15) is 0 Å². The van der Waals surface area contributed by atoms with Crippen molar-refractivity contribution in [2.24, 2.45) is 0 Å². The number of hydrogen-bond acceptors (Lipinski definition) is 2. The van der Waals surface area contributed by atoms with Crippen LogP contribution in [0.2, 0.25) is 0 Å². The van der Waals surface area contributed by atoms with E-state index in [2.05, 4.69) is 0 Å².